The molecule has 0 saturated heterocycles. The number of benzene rings is 2. The Hall–Kier alpha value is -3.47. The smallest absolute Gasteiger partial charge is 0.244 e. The Morgan fingerprint density at radius 1 is 1.08 bits per heavy atom. The molecule has 4 nitrogen and oxygen atoms in total. The number of carbonyl (C=O) groups excluding carboxylic acids is 1. The zero-order valence-corrected chi connectivity index (χ0v) is 13.9. The third-order valence-corrected chi connectivity index (χ3v) is 4.23. The van der Waals surface area contributed by atoms with Crippen LogP contribution in [0.3, 0.4) is 0 Å². The highest BCUT2D eigenvalue weighted by atomic mass is 19.1. The van der Waals surface area contributed by atoms with E-state index >= 15 is 0 Å². The van der Waals surface area contributed by atoms with Gasteiger partial charge in [0, 0.05) is 28.6 Å². The van der Waals surface area contributed by atoms with E-state index in [2.05, 4.69) is 21.4 Å². The highest BCUT2D eigenvalue weighted by molar-refractivity contribution is 6.07. The average molecular weight is 345 g/mol. The van der Waals surface area contributed by atoms with Crippen molar-refractivity contribution in [2.45, 2.75) is 6.54 Å². The van der Waals surface area contributed by atoms with E-state index in [0.29, 0.717) is 6.54 Å². The number of nitrogens with zero attached hydrogens (tertiary/aromatic N) is 1. The fraction of sp³-hybridized carbons (Fsp3) is 0.0476. The SMILES string of the molecule is O=C(/C=C/c1ccc(F)cc1)NCc1nccc2c1[nH]c1ccccc12. The van der Waals surface area contributed by atoms with Crippen molar-refractivity contribution in [3.05, 3.63) is 83.9 Å². The van der Waals surface area contributed by atoms with E-state index < -0.39 is 0 Å². The standard InChI is InChI=1S/C21H16FN3O/c22-15-8-5-14(6-9-15)7-10-20(26)24-13-19-21-17(11-12-23-19)16-3-1-2-4-18(16)25-21/h1-12,25H,13H2,(H,24,26)/b10-7+. The minimum atomic E-state index is -0.302. The first-order valence-electron chi connectivity index (χ1n) is 8.26. The summed E-state index contributed by atoms with van der Waals surface area (Å²) in [5, 5.41) is 5.05. The molecule has 2 N–H and O–H groups in total. The predicted molar refractivity (Wildman–Crippen MR) is 101 cm³/mol. The highest BCUT2D eigenvalue weighted by Crippen LogP contribution is 2.26. The average Bonchev–Trinajstić information content (AvgIpc) is 3.05. The van der Waals surface area contributed by atoms with Crippen molar-refractivity contribution in [2.75, 3.05) is 0 Å². The molecule has 5 heteroatoms. The van der Waals surface area contributed by atoms with Gasteiger partial charge in [-0.15, -0.1) is 0 Å². The molecule has 0 saturated carbocycles. The second kappa shape index (κ2) is 6.80. The summed E-state index contributed by atoms with van der Waals surface area (Å²) < 4.78 is 12.9. The summed E-state index contributed by atoms with van der Waals surface area (Å²) in [6.45, 7) is 0.316. The number of carbonyl (C=O) groups is 1. The van der Waals surface area contributed by atoms with E-state index in [1.54, 1.807) is 24.4 Å². The number of aromatic amines is 1. The molecule has 26 heavy (non-hydrogen) atoms. The summed E-state index contributed by atoms with van der Waals surface area (Å²) >= 11 is 0. The van der Waals surface area contributed by atoms with Crippen LogP contribution in [0.1, 0.15) is 11.3 Å². The summed E-state index contributed by atoms with van der Waals surface area (Å²) in [5.74, 6) is -0.534. The molecular formula is C21H16FN3O. The minimum absolute atomic E-state index is 0.232. The van der Waals surface area contributed by atoms with Gasteiger partial charge in [-0.1, -0.05) is 30.3 Å². The monoisotopic (exact) mass is 345 g/mol. The van der Waals surface area contributed by atoms with Crippen LogP contribution in [0.2, 0.25) is 0 Å². The van der Waals surface area contributed by atoms with Crippen LogP contribution in [0.25, 0.3) is 27.9 Å². The lowest BCUT2D eigenvalue weighted by Crippen LogP contribution is -2.21. The second-order valence-electron chi connectivity index (χ2n) is 5.95. The molecule has 0 unspecified atom stereocenters. The summed E-state index contributed by atoms with van der Waals surface area (Å²) in [6.07, 6.45) is 4.82. The van der Waals surface area contributed by atoms with E-state index in [1.807, 2.05) is 24.3 Å². The van der Waals surface area contributed by atoms with Crippen molar-refractivity contribution in [1.82, 2.24) is 15.3 Å². The van der Waals surface area contributed by atoms with Crippen LogP contribution in [-0.2, 0) is 11.3 Å². The molecule has 0 fully saturated rings. The van der Waals surface area contributed by atoms with Crippen molar-refractivity contribution in [2.24, 2.45) is 0 Å². The maximum atomic E-state index is 12.9. The number of nitrogens with one attached hydrogen (secondary N) is 2. The number of hydrogen-bond acceptors (Lipinski definition) is 2. The number of aromatic nitrogens is 2. The normalized spacial score (nSPS) is 11.4. The molecule has 0 spiro atoms. The first kappa shape index (κ1) is 16.0. The molecule has 0 bridgehead atoms. The zero-order valence-electron chi connectivity index (χ0n) is 13.9. The van der Waals surface area contributed by atoms with Gasteiger partial charge in [-0.3, -0.25) is 9.78 Å². The topological polar surface area (TPSA) is 57.8 Å². The molecule has 1 amide bonds. The van der Waals surface area contributed by atoms with Gasteiger partial charge >= 0.3 is 0 Å². The Bertz CT molecular complexity index is 1110. The Kier molecular flexibility index (Phi) is 4.19. The lowest BCUT2D eigenvalue weighted by Gasteiger charge is -2.03. The summed E-state index contributed by atoms with van der Waals surface area (Å²) in [4.78, 5) is 19.8. The van der Waals surface area contributed by atoms with Gasteiger partial charge in [0.25, 0.3) is 0 Å². The van der Waals surface area contributed by atoms with Crippen molar-refractivity contribution in [3.63, 3.8) is 0 Å². The zero-order chi connectivity index (χ0) is 17.9. The first-order valence-corrected chi connectivity index (χ1v) is 8.26. The van der Waals surface area contributed by atoms with Gasteiger partial charge in [0.1, 0.15) is 5.82 Å². The summed E-state index contributed by atoms with van der Waals surface area (Å²) in [7, 11) is 0. The number of para-hydroxylation sites is 1. The van der Waals surface area contributed by atoms with Crippen LogP contribution >= 0.6 is 0 Å². The first-order chi connectivity index (χ1) is 12.7. The van der Waals surface area contributed by atoms with E-state index in [0.717, 1.165) is 33.1 Å². The number of pyridine rings is 1. The Morgan fingerprint density at radius 2 is 1.88 bits per heavy atom. The maximum absolute atomic E-state index is 12.9. The Morgan fingerprint density at radius 3 is 2.73 bits per heavy atom. The molecule has 4 rings (SSSR count). The van der Waals surface area contributed by atoms with E-state index in [9.17, 15) is 9.18 Å². The van der Waals surface area contributed by atoms with Gasteiger partial charge in [0.15, 0.2) is 0 Å². The molecule has 2 aromatic carbocycles. The summed E-state index contributed by atoms with van der Waals surface area (Å²) in [6, 6.07) is 16.0. The third-order valence-electron chi connectivity index (χ3n) is 4.23. The van der Waals surface area contributed by atoms with Crippen LogP contribution < -0.4 is 5.32 Å². The molecule has 0 aliphatic heterocycles. The summed E-state index contributed by atoms with van der Waals surface area (Å²) in [5.41, 5.74) is 3.51. The van der Waals surface area contributed by atoms with Gasteiger partial charge in [0.2, 0.25) is 5.91 Å². The van der Waals surface area contributed by atoms with Crippen molar-refractivity contribution < 1.29 is 9.18 Å². The van der Waals surface area contributed by atoms with Crippen LogP contribution in [-0.4, -0.2) is 15.9 Å². The third kappa shape index (κ3) is 3.19. The number of rotatable bonds is 4. The van der Waals surface area contributed by atoms with Crippen molar-refractivity contribution >= 4 is 33.8 Å². The molecule has 0 atom stereocenters. The van der Waals surface area contributed by atoms with E-state index in [1.165, 1.54) is 18.2 Å². The lowest BCUT2D eigenvalue weighted by atomic mass is 10.1. The van der Waals surface area contributed by atoms with Crippen molar-refractivity contribution in [1.29, 1.82) is 0 Å². The number of fused-ring (bicyclic) bond motifs is 3. The quantitative estimate of drug-likeness (QED) is 0.545. The Labute approximate surface area is 149 Å². The molecule has 0 aliphatic carbocycles. The number of hydrogen-bond donors (Lipinski definition) is 2. The van der Waals surface area contributed by atoms with Gasteiger partial charge in [-0.05, 0) is 35.9 Å². The van der Waals surface area contributed by atoms with Crippen LogP contribution in [0, 0.1) is 5.82 Å². The van der Waals surface area contributed by atoms with Gasteiger partial charge < -0.3 is 10.3 Å². The fourth-order valence-electron chi connectivity index (χ4n) is 2.94. The lowest BCUT2D eigenvalue weighted by molar-refractivity contribution is -0.116. The fourth-order valence-corrected chi connectivity index (χ4v) is 2.94. The van der Waals surface area contributed by atoms with Crippen LogP contribution in [0.5, 0.6) is 0 Å². The maximum Gasteiger partial charge on any atom is 0.244 e. The Balaban J connectivity index is 1.50. The molecule has 0 radical (unpaired) electrons. The predicted octanol–water partition coefficient (Wildman–Crippen LogP) is 4.18. The van der Waals surface area contributed by atoms with Gasteiger partial charge in [-0.2, -0.15) is 0 Å². The van der Waals surface area contributed by atoms with Crippen molar-refractivity contribution in [3.8, 4) is 0 Å². The van der Waals surface area contributed by atoms with E-state index in [-0.39, 0.29) is 11.7 Å². The molecular weight excluding hydrogens is 329 g/mol. The number of halogens is 1. The van der Waals surface area contributed by atoms with Gasteiger partial charge in [-0.25, -0.2) is 4.39 Å². The minimum Gasteiger partial charge on any atom is -0.353 e. The van der Waals surface area contributed by atoms with Crippen LogP contribution in [0.4, 0.5) is 4.39 Å². The molecule has 2 aromatic heterocycles. The molecule has 128 valence electrons. The van der Waals surface area contributed by atoms with Crippen LogP contribution in [0.15, 0.2) is 66.9 Å². The van der Waals surface area contributed by atoms with E-state index in [4.69, 9.17) is 0 Å². The molecule has 0 aliphatic rings. The van der Waals surface area contributed by atoms with Gasteiger partial charge in [0.05, 0.1) is 17.8 Å². The second-order valence-corrected chi connectivity index (χ2v) is 5.95. The number of H-pyrrole nitrogens is 1. The number of amides is 1. The molecule has 4 aromatic rings. The molecule has 2 heterocycles. The highest BCUT2D eigenvalue weighted by Gasteiger charge is 2.09. The largest absolute Gasteiger partial charge is 0.353 e.